The molecule has 2 rings (SSSR count). The Morgan fingerprint density at radius 3 is 2.43 bits per heavy atom. The normalized spacial score (nSPS) is 11.0. The van der Waals surface area contributed by atoms with Gasteiger partial charge < -0.3 is 10.2 Å². The van der Waals surface area contributed by atoms with Crippen molar-refractivity contribution in [2.45, 2.75) is 26.3 Å². The Hall–Kier alpha value is -1.94. The fourth-order valence-electron chi connectivity index (χ4n) is 2.17. The molecule has 0 saturated heterocycles. The van der Waals surface area contributed by atoms with Crippen molar-refractivity contribution >= 4 is 11.5 Å². The summed E-state index contributed by atoms with van der Waals surface area (Å²) in [5, 5.41) is 3.17. The van der Waals surface area contributed by atoms with Crippen LogP contribution >= 0.6 is 0 Å². The Balaban J connectivity index is 2.39. The van der Waals surface area contributed by atoms with E-state index in [9.17, 15) is 4.39 Å². The maximum absolute atomic E-state index is 13.0. The van der Waals surface area contributed by atoms with Crippen molar-refractivity contribution in [1.82, 2.24) is 10.3 Å². The number of rotatable bonds is 5. The first-order chi connectivity index (χ1) is 10.0. The smallest absolute Gasteiger partial charge is 0.133 e. The Morgan fingerprint density at radius 2 is 1.86 bits per heavy atom. The molecule has 0 amide bonds. The minimum absolute atomic E-state index is 0.230. The van der Waals surface area contributed by atoms with E-state index in [0.717, 1.165) is 23.7 Å². The SMILES string of the molecule is CNCc1cc(C(C)C)nc(N(C)c2ccc(F)cc2)c1. The number of halogens is 1. The number of aromatic nitrogens is 1. The zero-order chi connectivity index (χ0) is 15.4. The molecule has 0 radical (unpaired) electrons. The second-order valence-electron chi connectivity index (χ2n) is 5.48. The summed E-state index contributed by atoms with van der Waals surface area (Å²) in [5.41, 5.74) is 3.17. The van der Waals surface area contributed by atoms with Gasteiger partial charge in [0, 0.05) is 25.0 Å². The lowest BCUT2D eigenvalue weighted by molar-refractivity contribution is 0.628. The Labute approximate surface area is 125 Å². The molecular formula is C17H22FN3. The van der Waals surface area contributed by atoms with Gasteiger partial charge in [-0.2, -0.15) is 0 Å². The lowest BCUT2D eigenvalue weighted by Crippen LogP contribution is -2.14. The molecule has 0 spiro atoms. The van der Waals surface area contributed by atoms with Crippen LogP contribution in [0.4, 0.5) is 15.9 Å². The Bertz CT molecular complexity index is 593. The summed E-state index contributed by atoms with van der Waals surface area (Å²) in [6.07, 6.45) is 0. The molecule has 0 aliphatic rings. The monoisotopic (exact) mass is 287 g/mol. The Morgan fingerprint density at radius 1 is 1.19 bits per heavy atom. The fourth-order valence-corrected chi connectivity index (χ4v) is 2.17. The number of hydrogen-bond acceptors (Lipinski definition) is 3. The van der Waals surface area contributed by atoms with Crippen LogP contribution in [0.1, 0.15) is 31.0 Å². The van der Waals surface area contributed by atoms with Gasteiger partial charge in [0.25, 0.3) is 0 Å². The van der Waals surface area contributed by atoms with E-state index < -0.39 is 0 Å². The van der Waals surface area contributed by atoms with E-state index in [-0.39, 0.29) is 5.82 Å². The number of anilines is 2. The molecular weight excluding hydrogens is 265 g/mol. The van der Waals surface area contributed by atoms with Gasteiger partial charge in [0.1, 0.15) is 11.6 Å². The van der Waals surface area contributed by atoms with Crippen LogP contribution in [-0.4, -0.2) is 19.1 Å². The summed E-state index contributed by atoms with van der Waals surface area (Å²) < 4.78 is 13.0. The van der Waals surface area contributed by atoms with E-state index in [0.29, 0.717) is 5.92 Å². The molecule has 0 fully saturated rings. The molecule has 0 aliphatic heterocycles. The van der Waals surface area contributed by atoms with Gasteiger partial charge in [0.05, 0.1) is 0 Å². The second-order valence-corrected chi connectivity index (χ2v) is 5.48. The number of hydrogen-bond donors (Lipinski definition) is 1. The van der Waals surface area contributed by atoms with Gasteiger partial charge in [0.2, 0.25) is 0 Å². The molecule has 0 aliphatic carbocycles. The van der Waals surface area contributed by atoms with Crippen molar-refractivity contribution in [1.29, 1.82) is 0 Å². The molecule has 1 heterocycles. The summed E-state index contributed by atoms with van der Waals surface area (Å²) in [6.45, 7) is 5.06. The van der Waals surface area contributed by atoms with Crippen molar-refractivity contribution in [3.63, 3.8) is 0 Å². The maximum atomic E-state index is 13.0. The van der Waals surface area contributed by atoms with Crippen molar-refractivity contribution < 1.29 is 4.39 Å². The molecule has 0 saturated carbocycles. The van der Waals surface area contributed by atoms with Crippen LogP contribution in [0.3, 0.4) is 0 Å². The van der Waals surface area contributed by atoms with Crippen molar-refractivity contribution in [3.05, 3.63) is 53.5 Å². The molecule has 4 heteroatoms. The lowest BCUT2D eigenvalue weighted by Gasteiger charge is -2.21. The van der Waals surface area contributed by atoms with Gasteiger partial charge >= 0.3 is 0 Å². The number of nitrogens with zero attached hydrogens (tertiary/aromatic N) is 2. The van der Waals surface area contributed by atoms with E-state index in [1.54, 1.807) is 12.1 Å². The average molecular weight is 287 g/mol. The number of pyridine rings is 1. The highest BCUT2D eigenvalue weighted by atomic mass is 19.1. The fraction of sp³-hybridized carbons (Fsp3) is 0.353. The third-order valence-corrected chi connectivity index (χ3v) is 3.42. The maximum Gasteiger partial charge on any atom is 0.133 e. The largest absolute Gasteiger partial charge is 0.329 e. The minimum Gasteiger partial charge on any atom is -0.329 e. The van der Waals surface area contributed by atoms with E-state index in [2.05, 4.69) is 31.3 Å². The Kier molecular flexibility index (Phi) is 4.91. The van der Waals surface area contributed by atoms with Crippen molar-refractivity contribution in [2.75, 3.05) is 19.0 Å². The summed E-state index contributed by atoms with van der Waals surface area (Å²) in [7, 11) is 3.88. The van der Waals surface area contributed by atoms with Gasteiger partial charge in [-0.05, 0) is 54.9 Å². The van der Waals surface area contributed by atoms with Crippen LogP contribution in [0.15, 0.2) is 36.4 Å². The summed E-state index contributed by atoms with van der Waals surface area (Å²) >= 11 is 0. The third-order valence-electron chi connectivity index (χ3n) is 3.42. The zero-order valence-electron chi connectivity index (χ0n) is 13.0. The van der Waals surface area contributed by atoms with Gasteiger partial charge in [-0.15, -0.1) is 0 Å². The number of nitrogens with one attached hydrogen (secondary N) is 1. The quantitative estimate of drug-likeness (QED) is 0.906. The highest BCUT2D eigenvalue weighted by Gasteiger charge is 2.11. The number of benzene rings is 1. The molecule has 0 atom stereocenters. The van der Waals surface area contributed by atoms with Gasteiger partial charge in [-0.25, -0.2) is 9.37 Å². The van der Waals surface area contributed by atoms with Crippen LogP contribution < -0.4 is 10.2 Å². The topological polar surface area (TPSA) is 28.2 Å². The van der Waals surface area contributed by atoms with Crippen molar-refractivity contribution in [3.8, 4) is 0 Å². The van der Waals surface area contributed by atoms with Gasteiger partial charge in [-0.1, -0.05) is 13.8 Å². The molecule has 0 unspecified atom stereocenters. The van der Waals surface area contributed by atoms with Crippen LogP contribution in [0, 0.1) is 5.82 Å². The summed E-state index contributed by atoms with van der Waals surface area (Å²) in [6, 6.07) is 10.6. The molecule has 3 nitrogen and oxygen atoms in total. The predicted molar refractivity (Wildman–Crippen MR) is 85.6 cm³/mol. The first-order valence-electron chi connectivity index (χ1n) is 7.16. The highest BCUT2D eigenvalue weighted by Crippen LogP contribution is 2.25. The van der Waals surface area contributed by atoms with Crippen molar-refractivity contribution in [2.24, 2.45) is 0 Å². The van der Waals surface area contributed by atoms with Gasteiger partial charge in [-0.3, -0.25) is 0 Å². The zero-order valence-corrected chi connectivity index (χ0v) is 13.0. The standard InChI is InChI=1S/C17H22FN3/c1-12(2)16-9-13(11-19-3)10-17(20-16)21(4)15-7-5-14(18)6-8-15/h5-10,12,19H,11H2,1-4H3. The molecule has 0 bridgehead atoms. The minimum atomic E-state index is -0.230. The molecule has 1 aromatic carbocycles. The second kappa shape index (κ2) is 6.68. The third kappa shape index (κ3) is 3.79. The van der Waals surface area contributed by atoms with Crippen LogP contribution in [0.2, 0.25) is 0 Å². The van der Waals surface area contributed by atoms with Crippen LogP contribution in [0.25, 0.3) is 0 Å². The molecule has 1 N–H and O–H groups in total. The van der Waals surface area contributed by atoms with E-state index in [4.69, 9.17) is 4.98 Å². The predicted octanol–water partition coefficient (Wildman–Crippen LogP) is 3.83. The first kappa shape index (κ1) is 15.4. The molecule has 1 aromatic heterocycles. The first-order valence-corrected chi connectivity index (χ1v) is 7.16. The van der Waals surface area contributed by atoms with E-state index in [1.807, 2.05) is 19.0 Å². The molecule has 2 aromatic rings. The summed E-state index contributed by atoms with van der Waals surface area (Å²) in [5.74, 6) is 1.01. The lowest BCUT2D eigenvalue weighted by atomic mass is 10.1. The molecule has 21 heavy (non-hydrogen) atoms. The summed E-state index contributed by atoms with van der Waals surface area (Å²) in [4.78, 5) is 6.69. The average Bonchev–Trinajstić information content (AvgIpc) is 2.47. The van der Waals surface area contributed by atoms with Gasteiger partial charge in [0.15, 0.2) is 0 Å². The van der Waals surface area contributed by atoms with Crippen LogP contribution in [-0.2, 0) is 6.54 Å². The highest BCUT2D eigenvalue weighted by molar-refractivity contribution is 5.59. The van der Waals surface area contributed by atoms with E-state index >= 15 is 0 Å². The molecule has 112 valence electrons. The van der Waals surface area contributed by atoms with E-state index in [1.165, 1.54) is 17.7 Å². The van der Waals surface area contributed by atoms with Crippen LogP contribution in [0.5, 0.6) is 0 Å².